The van der Waals surface area contributed by atoms with Crippen LogP contribution >= 0.6 is 31.9 Å². The Balaban J connectivity index is 1.47. The number of halogens is 2. The molecule has 0 aliphatic carbocycles. The Hall–Kier alpha value is -3.79. The number of hydrogen-bond acceptors (Lipinski definition) is 5. The van der Waals surface area contributed by atoms with E-state index in [4.69, 9.17) is 9.84 Å². The second-order valence-electron chi connectivity index (χ2n) is 8.25. The Morgan fingerprint density at radius 3 is 1.89 bits per heavy atom. The summed E-state index contributed by atoms with van der Waals surface area (Å²) in [4.78, 5) is 24.2. The lowest BCUT2D eigenvalue weighted by molar-refractivity contribution is -0.136. The van der Waals surface area contributed by atoms with Gasteiger partial charge >= 0.3 is 5.97 Å². The summed E-state index contributed by atoms with van der Waals surface area (Å²) >= 11 is 6.99. The number of nitrogens with zero attached hydrogens (tertiary/aromatic N) is 1. The summed E-state index contributed by atoms with van der Waals surface area (Å²) in [5.74, 6) is -1.13. The number of carbonyl (C=O) groups is 2. The summed E-state index contributed by atoms with van der Waals surface area (Å²) in [6.07, 6.45) is 1.46. The van der Waals surface area contributed by atoms with Crippen LogP contribution in [0.2, 0.25) is 0 Å². The third kappa shape index (κ3) is 6.19. The molecule has 4 aromatic carbocycles. The molecule has 38 heavy (non-hydrogen) atoms. The van der Waals surface area contributed by atoms with Gasteiger partial charge in [0.05, 0.1) is 20.7 Å². The van der Waals surface area contributed by atoms with Crippen LogP contribution in [0.1, 0.15) is 32.6 Å². The van der Waals surface area contributed by atoms with E-state index < -0.39 is 17.5 Å². The molecule has 3 N–H and O–H groups in total. The topological polar surface area (TPSA) is 108 Å². The summed E-state index contributed by atoms with van der Waals surface area (Å²) in [7, 11) is 0. The van der Waals surface area contributed by atoms with Crippen LogP contribution in [0.5, 0.6) is 5.75 Å². The predicted molar refractivity (Wildman–Crippen MR) is 151 cm³/mol. The van der Waals surface area contributed by atoms with Crippen molar-refractivity contribution in [3.8, 4) is 5.75 Å². The first-order chi connectivity index (χ1) is 18.3. The van der Waals surface area contributed by atoms with E-state index in [-0.39, 0.29) is 12.2 Å². The number of nitrogens with one attached hydrogen (secondary N) is 1. The minimum atomic E-state index is -1.93. The molecule has 0 fully saturated rings. The van der Waals surface area contributed by atoms with E-state index >= 15 is 0 Å². The van der Waals surface area contributed by atoms with Gasteiger partial charge in [-0.15, -0.1) is 0 Å². The molecule has 0 aromatic heterocycles. The quantitative estimate of drug-likeness (QED) is 0.157. The molecule has 0 unspecified atom stereocenters. The van der Waals surface area contributed by atoms with Crippen molar-refractivity contribution >= 4 is 50.0 Å². The Morgan fingerprint density at radius 2 is 1.39 bits per heavy atom. The van der Waals surface area contributed by atoms with Crippen LogP contribution in [-0.4, -0.2) is 28.3 Å². The van der Waals surface area contributed by atoms with Crippen LogP contribution in [-0.2, 0) is 17.0 Å². The Labute approximate surface area is 236 Å². The van der Waals surface area contributed by atoms with Crippen molar-refractivity contribution < 1.29 is 24.5 Å². The van der Waals surface area contributed by atoms with E-state index in [1.54, 1.807) is 72.8 Å². The number of rotatable bonds is 9. The van der Waals surface area contributed by atoms with E-state index in [2.05, 4.69) is 42.4 Å². The number of carbonyl (C=O) groups excluding carboxylic acids is 1. The molecule has 0 saturated heterocycles. The minimum absolute atomic E-state index is 0.206. The van der Waals surface area contributed by atoms with E-state index in [1.807, 2.05) is 12.1 Å². The van der Waals surface area contributed by atoms with Crippen molar-refractivity contribution in [2.45, 2.75) is 12.2 Å². The van der Waals surface area contributed by atoms with Gasteiger partial charge in [0.1, 0.15) is 12.4 Å². The zero-order valence-corrected chi connectivity index (χ0v) is 23.0. The monoisotopic (exact) mass is 636 g/mol. The number of carboxylic acids is 1. The number of benzene rings is 4. The fraction of sp³-hybridized carbons (Fsp3) is 0.0690. The van der Waals surface area contributed by atoms with Crippen molar-refractivity contribution in [2.24, 2.45) is 5.10 Å². The van der Waals surface area contributed by atoms with Crippen LogP contribution in [0.25, 0.3) is 0 Å². The molecule has 0 heterocycles. The van der Waals surface area contributed by atoms with Crippen LogP contribution in [0, 0.1) is 0 Å². The molecular weight excluding hydrogens is 616 g/mol. The highest BCUT2D eigenvalue weighted by Crippen LogP contribution is 2.35. The van der Waals surface area contributed by atoms with Crippen molar-refractivity contribution in [1.29, 1.82) is 0 Å². The smallest absolute Gasteiger partial charge is 0.335 e. The maximum atomic E-state index is 13.2. The normalized spacial score (nSPS) is 11.3. The molecule has 0 atom stereocenters. The van der Waals surface area contributed by atoms with Gasteiger partial charge in [0, 0.05) is 0 Å². The SMILES string of the molecule is O=C(O)c1ccc(COc2c(Br)cc(/C=N/NC(=O)C(O)(c3ccccc3)c3ccccc3)cc2Br)cc1. The Kier molecular flexibility index (Phi) is 8.73. The van der Waals surface area contributed by atoms with Gasteiger partial charge in [0.25, 0.3) is 5.91 Å². The van der Waals surface area contributed by atoms with Gasteiger partial charge in [-0.1, -0.05) is 72.8 Å². The molecule has 0 aliphatic heterocycles. The molecular formula is C29H22Br2N2O5. The lowest BCUT2D eigenvalue weighted by Gasteiger charge is -2.27. The van der Waals surface area contributed by atoms with Gasteiger partial charge < -0.3 is 14.9 Å². The predicted octanol–water partition coefficient (Wildman–Crippen LogP) is 5.88. The Morgan fingerprint density at radius 1 is 0.868 bits per heavy atom. The average molecular weight is 638 g/mol. The first kappa shape index (κ1) is 27.3. The molecule has 0 bridgehead atoms. The molecule has 4 aromatic rings. The lowest BCUT2D eigenvalue weighted by atomic mass is 9.85. The number of amides is 1. The molecule has 1 amide bonds. The summed E-state index contributed by atoms with van der Waals surface area (Å²) in [6.45, 7) is 0.234. The average Bonchev–Trinajstić information content (AvgIpc) is 2.93. The van der Waals surface area contributed by atoms with E-state index in [0.717, 1.165) is 5.56 Å². The van der Waals surface area contributed by atoms with E-state index in [9.17, 15) is 14.7 Å². The molecule has 0 spiro atoms. The lowest BCUT2D eigenvalue weighted by Crippen LogP contribution is -2.43. The highest BCUT2D eigenvalue weighted by atomic mass is 79.9. The largest absolute Gasteiger partial charge is 0.487 e. The standard InChI is InChI=1S/C29H22Br2N2O5/c30-24-15-20(16-25(31)26(24)38-18-19-11-13-21(14-12-19)27(34)35)17-32-33-28(36)29(37,22-7-3-1-4-8-22)23-9-5-2-6-10-23/h1-17,37H,18H2,(H,33,36)(H,34,35)/b32-17+. The van der Waals surface area contributed by atoms with Gasteiger partial charge in [0.2, 0.25) is 0 Å². The number of hydrazone groups is 1. The highest BCUT2D eigenvalue weighted by Gasteiger charge is 2.39. The maximum absolute atomic E-state index is 13.2. The zero-order chi connectivity index (χ0) is 27.1. The summed E-state index contributed by atoms with van der Waals surface area (Å²) < 4.78 is 7.20. The third-order valence-electron chi connectivity index (χ3n) is 5.70. The van der Waals surface area contributed by atoms with Crippen LogP contribution in [0.15, 0.2) is 111 Å². The molecule has 9 heteroatoms. The van der Waals surface area contributed by atoms with Crippen LogP contribution in [0.4, 0.5) is 0 Å². The van der Waals surface area contributed by atoms with Crippen molar-refractivity contribution in [3.05, 3.63) is 134 Å². The fourth-order valence-electron chi connectivity index (χ4n) is 3.72. The van der Waals surface area contributed by atoms with Gasteiger partial charge in [-0.05, 0) is 78.4 Å². The highest BCUT2D eigenvalue weighted by molar-refractivity contribution is 9.11. The number of ether oxygens (including phenoxy) is 1. The third-order valence-corrected chi connectivity index (χ3v) is 6.87. The first-order valence-electron chi connectivity index (χ1n) is 11.4. The van der Waals surface area contributed by atoms with Crippen LogP contribution in [0.3, 0.4) is 0 Å². The van der Waals surface area contributed by atoms with Crippen molar-refractivity contribution in [2.75, 3.05) is 0 Å². The second-order valence-corrected chi connectivity index (χ2v) is 9.95. The first-order valence-corrected chi connectivity index (χ1v) is 13.0. The zero-order valence-electron chi connectivity index (χ0n) is 19.8. The number of aliphatic hydroxyl groups is 1. The molecule has 7 nitrogen and oxygen atoms in total. The molecule has 0 saturated carbocycles. The molecule has 0 aliphatic rings. The fourth-order valence-corrected chi connectivity index (χ4v) is 5.18. The molecule has 0 radical (unpaired) electrons. The minimum Gasteiger partial charge on any atom is -0.487 e. The number of hydrogen-bond donors (Lipinski definition) is 3. The van der Waals surface area contributed by atoms with Crippen molar-refractivity contribution in [3.63, 3.8) is 0 Å². The van der Waals surface area contributed by atoms with E-state index in [1.165, 1.54) is 18.3 Å². The van der Waals surface area contributed by atoms with Gasteiger partial charge in [-0.3, -0.25) is 4.79 Å². The summed E-state index contributed by atoms with van der Waals surface area (Å²) in [6, 6.07) is 27.3. The number of aromatic carboxylic acids is 1. The summed E-state index contributed by atoms with van der Waals surface area (Å²) in [5, 5.41) is 24.6. The molecule has 4 rings (SSSR count). The Bertz CT molecular complexity index is 1400. The van der Waals surface area contributed by atoms with Gasteiger partial charge in [-0.25, -0.2) is 10.2 Å². The second kappa shape index (κ2) is 12.2. The maximum Gasteiger partial charge on any atom is 0.335 e. The molecule has 192 valence electrons. The van der Waals surface area contributed by atoms with E-state index in [0.29, 0.717) is 31.4 Å². The van der Waals surface area contributed by atoms with Crippen molar-refractivity contribution in [1.82, 2.24) is 5.43 Å². The van der Waals surface area contributed by atoms with Crippen LogP contribution < -0.4 is 10.2 Å². The van der Waals surface area contributed by atoms with Gasteiger partial charge in [-0.2, -0.15) is 5.10 Å². The van der Waals surface area contributed by atoms with Gasteiger partial charge in [0.15, 0.2) is 5.60 Å². The summed E-state index contributed by atoms with van der Waals surface area (Å²) in [5.41, 5.74) is 3.04. The number of carboxylic acid groups (broad SMARTS) is 1.